The van der Waals surface area contributed by atoms with Gasteiger partial charge >= 0.3 is 6.09 Å². The monoisotopic (exact) mass is 201 g/mol. The maximum absolute atomic E-state index is 11.2. The maximum atomic E-state index is 11.2. The van der Waals surface area contributed by atoms with Gasteiger partial charge in [-0.05, 0) is 26.7 Å². The van der Waals surface area contributed by atoms with Crippen molar-refractivity contribution in [3.63, 3.8) is 0 Å². The molecule has 0 aromatic heterocycles. The van der Waals surface area contributed by atoms with Gasteiger partial charge in [-0.25, -0.2) is 4.79 Å². The van der Waals surface area contributed by atoms with Crippen LogP contribution in [0.1, 0.15) is 34.6 Å². The van der Waals surface area contributed by atoms with E-state index in [2.05, 4.69) is 5.32 Å². The van der Waals surface area contributed by atoms with Crippen molar-refractivity contribution >= 4 is 12.4 Å². The molecule has 0 bridgehead atoms. The predicted octanol–water partition coefficient (Wildman–Crippen LogP) is 1.73. The van der Waals surface area contributed by atoms with Gasteiger partial charge < -0.3 is 14.8 Å². The molecule has 0 aliphatic carbocycles. The third-order valence-electron chi connectivity index (χ3n) is 1.55. The molecular weight excluding hydrogens is 182 g/mol. The Balaban J connectivity index is 4.11. The van der Waals surface area contributed by atoms with Gasteiger partial charge in [0.2, 0.25) is 0 Å². The van der Waals surface area contributed by atoms with E-state index in [4.69, 9.17) is 4.74 Å². The van der Waals surface area contributed by atoms with E-state index in [0.29, 0.717) is 6.29 Å². The molecule has 0 saturated heterocycles. The summed E-state index contributed by atoms with van der Waals surface area (Å²) in [4.78, 5) is 21.8. The van der Waals surface area contributed by atoms with Gasteiger partial charge in [-0.2, -0.15) is 0 Å². The summed E-state index contributed by atoms with van der Waals surface area (Å²) in [6, 6.07) is -0.482. The minimum Gasteiger partial charge on any atom is -0.444 e. The first-order valence-electron chi connectivity index (χ1n) is 4.71. The number of ether oxygens (including phenoxy) is 1. The van der Waals surface area contributed by atoms with Crippen LogP contribution >= 0.6 is 0 Å². The number of alkyl carbamates (subject to hydrolysis) is 1. The lowest BCUT2D eigenvalue weighted by Gasteiger charge is -2.22. The maximum Gasteiger partial charge on any atom is 0.408 e. The molecule has 0 aromatic rings. The summed E-state index contributed by atoms with van der Waals surface area (Å²) in [5.41, 5.74) is -0.533. The van der Waals surface area contributed by atoms with Crippen LogP contribution in [0.4, 0.5) is 4.79 Å². The van der Waals surface area contributed by atoms with E-state index in [-0.39, 0.29) is 5.92 Å². The van der Waals surface area contributed by atoms with Crippen LogP contribution in [0.5, 0.6) is 0 Å². The van der Waals surface area contributed by atoms with Crippen molar-refractivity contribution in [1.29, 1.82) is 0 Å². The molecule has 0 heterocycles. The minimum atomic E-state index is -0.553. The molecule has 0 saturated carbocycles. The number of carbonyl (C=O) groups is 2. The fourth-order valence-corrected chi connectivity index (χ4v) is 0.801. The fraction of sp³-hybridized carbons (Fsp3) is 0.800. The summed E-state index contributed by atoms with van der Waals surface area (Å²) >= 11 is 0. The van der Waals surface area contributed by atoms with Crippen LogP contribution in [0, 0.1) is 5.92 Å². The second-order valence-electron chi connectivity index (χ2n) is 4.55. The van der Waals surface area contributed by atoms with E-state index in [9.17, 15) is 9.59 Å². The molecule has 0 aliphatic rings. The van der Waals surface area contributed by atoms with Gasteiger partial charge in [-0.1, -0.05) is 13.8 Å². The molecule has 0 fully saturated rings. The summed E-state index contributed by atoms with van der Waals surface area (Å²) in [6.07, 6.45) is 0.164. The van der Waals surface area contributed by atoms with Crippen LogP contribution in [0.2, 0.25) is 0 Å². The molecule has 0 aromatic carbocycles. The van der Waals surface area contributed by atoms with Crippen LogP contribution in [0.15, 0.2) is 0 Å². The largest absolute Gasteiger partial charge is 0.444 e. The van der Waals surface area contributed by atoms with Gasteiger partial charge in [0.25, 0.3) is 0 Å². The van der Waals surface area contributed by atoms with Gasteiger partial charge in [-0.15, -0.1) is 0 Å². The SMILES string of the molecule is CC(C)[C@H](C=O)NC(=O)OC(C)(C)C. The van der Waals surface area contributed by atoms with Crippen LogP contribution in [0.25, 0.3) is 0 Å². The molecule has 4 heteroatoms. The first-order chi connectivity index (χ1) is 6.26. The van der Waals surface area contributed by atoms with Gasteiger partial charge in [-0.3, -0.25) is 0 Å². The van der Waals surface area contributed by atoms with Gasteiger partial charge in [0.05, 0.1) is 6.04 Å². The third-order valence-corrected chi connectivity index (χ3v) is 1.55. The molecule has 14 heavy (non-hydrogen) atoms. The van der Waals surface area contributed by atoms with Gasteiger partial charge in [0, 0.05) is 0 Å². The van der Waals surface area contributed by atoms with Crippen LogP contribution in [-0.2, 0) is 9.53 Å². The molecule has 0 spiro atoms. The van der Waals surface area contributed by atoms with E-state index in [0.717, 1.165) is 0 Å². The first kappa shape index (κ1) is 12.9. The molecule has 1 amide bonds. The molecule has 1 N–H and O–H groups in total. The number of hydrogen-bond donors (Lipinski definition) is 1. The topological polar surface area (TPSA) is 55.4 Å². The smallest absolute Gasteiger partial charge is 0.408 e. The Hall–Kier alpha value is -1.06. The molecule has 0 rings (SSSR count). The second kappa shape index (κ2) is 4.98. The zero-order valence-electron chi connectivity index (χ0n) is 9.46. The Labute approximate surface area is 85.0 Å². The van der Waals surface area contributed by atoms with Crippen molar-refractivity contribution in [3.05, 3.63) is 0 Å². The average molecular weight is 201 g/mol. The van der Waals surface area contributed by atoms with Crippen molar-refractivity contribution in [1.82, 2.24) is 5.32 Å². The summed E-state index contributed by atoms with van der Waals surface area (Å²) < 4.78 is 5.01. The molecule has 82 valence electrons. The van der Waals surface area contributed by atoms with Crippen LogP contribution < -0.4 is 5.32 Å². The highest BCUT2D eigenvalue weighted by molar-refractivity contribution is 5.73. The Kier molecular flexibility index (Phi) is 4.60. The number of nitrogens with one attached hydrogen (secondary N) is 1. The van der Waals surface area contributed by atoms with Crippen molar-refractivity contribution in [2.24, 2.45) is 5.92 Å². The zero-order valence-corrected chi connectivity index (χ0v) is 9.46. The normalized spacial score (nSPS) is 13.6. The highest BCUT2D eigenvalue weighted by atomic mass is 16.6. The minimum absolute atomic E-state index is 0.0695. The number of rotatable bonds is 3. The first-order valence-corrected chi connectivity index (χ1v) is 4.71. The fourth-order valence-electron chi connectivity index (χ4n) is 0.801. The van der Waals surface area contributed by atoms with Gasteiger partial charge in [0.1, 0.15) is 11.9 Å². The average Bonchev–Trinajstić information content (AvgIpc) is 1.96. The molecule has 0 aliphatic heterocycles. The Morgan fingerprint density at radius 1 is 1.36 bits per heavy atom. The summed E-state index contributed by atoms with van der Waals surface area (Å²) in [7, 11) is 0. The second-order valence-corrected chi connectivity index (χ2v) is 4.55. The molecule has 0 unspecified atom stereocenters. The number of carbonyl (C=O) groups excluding carboxylic acids is 2. The summed E-state index contributed by atoms with van der Waals surface area (Å²) in [5.74, 6) is 0.0695. The predicted molar refractivity (Wildman–Crippen MR) is 54.1 cm³/mol. The van der Waals surface area contributed by atoms with Crippen LogP contribution in [0.3, 0.4) is 0 Å². The standard InChI is InChI=1S/C10H19NO3/c1-7(2)8(6-12)11-9(13)14-10(3,4)5/h6-8H,1-5H3,(H,11,13)/t8-/m0/s1. The number of hydrogen-bond acceptors (Lipinski definition) is 3. The van der Waals surface area contributed by atoms with Crippen molar-refractivity contribution in [2.45, 2.75) is 46.3 Å². The van der Waals surface area contributed by atoms with E-state index < -0.39 is 17.7 Å². The van der Waals surface area contributed by atoms with E-state index in [1.807, 2.05) is 13.8 Å². The van der Waals surface area contributed by atoms with E-state index in [1.54, 1.807) is 20.8 Å². The molecular formula is C10H19NO3. The number of amides is 1. The molecule has 4 nitrogen and oxygen atoms in total. The lowest BCUT2D eigenvalue weighted by molar-refractivity contribution is -0.110. The lowest BCUT2D eigenvalue weighted by atomic mass is 10.1. The summed E-state index contributed by atoms with van der Waals surface area (Å²) in [5, 5.41) is 2.49. The van der Waals surface area contributed by atoms with Crippen molar-refractivity contribution < 1.29 is 14.3 Å². The number of aldehydes is 1. The van der Waals surface area contributed by atoms with E-state index >= 15 is 0 Å². The Bertz CT molecular complexity index is 206. The Morgan fingerprint density at radius 2 is 1.86 bits per heavy atom. The van der Waals surface area contributed by atoms with Gasteiger partial charge in [0.15, 0.2) is 0 Å². The van der Waals surface area contributed by atoms with Crippen molar-refractivity contribution in [3.8, 4) is 0 Å². The lowest BCUT2D eigenvalue weighted by Crippen LogP contribution is -2.42. The zero-order chi connectivity index (χ0) is 11.4. The molecule has 1 atom stereocenters. The third kappa shape index (κ3) is 5.56. The summed E-state index contributed by atoms with van der Waals surface area (Å²) in [6.45, 7) is 9.04. The molecule has 0 radical (unpaired) electrons. The van der Waals surface area contributed by atoms with Crippen LogP contribution in [-0.4, -0.2) is 24.0 Å². The highest BCUT2D eigenvalue weighted by Gasteiger charge is 2.20. The Morgan fingerprint density at radius 3 is 2.14 bits per heavy atom. The quantitative estimate of drug-likeness (QED) is 0.707. The highest BCUT2D eigenvalue weighted by Crippen LogP contribution is 2.07. The van der Waals surface area contributed by atoms with E-state index in [1.165, 1.54) is 0 Å². The van der Waals surface area contributed by atoms with Crippen molar-refractivity contribution in [2.75, 3.05) is 0 Å².